The molecule has 0 aromatic carbocycles. The van der Waals surface area contributed by atoms with E-state index in [-0.39, 0.29) is 15.5 Å². The second-order valence-electron chi connectivity index (χ2n) is 3.04. The minimum Gasteiger partial charge on any atom is -0.477 e. The number of aromatic amines is 1. The lowest BCUT2D eigenvalue weighted by Gasteiger charge is -2.02. The van der Waals surface area contributed by atoms with Gasteiger partial charge in [0.25, 0.3) is 10.0 Å². The maximum atomic E-state index is 11.8. The van der Waals surface area contributed by atoms with Gasteiger partial charge in [-0.3, -0.25) is 9.82 Å². The standard InChI is InChI=1S/C8H7N3O4S2/c12-8(13)7-1-6(4-16-7)17(14,15)11-5-2-9-10-3-5/h1-4,11H,(H,9,10)(H,12,13). The number of thiophene rings is 1. The van der Waals surface area contributed by atoms with Crippen molar-refractivity contribution in [3.05, 3.63) is 28.7 Å². The third-order valence-electron chi connectivity index (χ3n) is 1.85. The molecule has 2 rings (SSSR count). The van der Waals surface area contributed by atoms with Gasteiger partial charge in [-0.15, -0.1) is 11.3 Å². The van der Waals surface area contributed by atoms with E-state index in [1.165, 1.54) is 17.8 Å². The molecule has 0 aliphatic rings. The number of carbonyl (C=O) groups is 1. The topological polar surface area (TPSA) is 112 Å². The first-order valence-corrected chi connectivity index (χ1v) is 6.69. The highest BCUT2D eigenvalue weighted by Crippen LogP contribution is 2.21. The molecule has 17 heavy (non-hydrogen) atoms. The zero-order valence-electron chi connectivity index (χ0n) is 8.25. The van der Waals surface area contributed by atoms with Crippen LogP contribution >= 0.6 is 11.3 Å². The highest BCUT2D eigenvalue weighted by atomic mass is 32.2. The van der Waals surface area contributed by atoms with Crippen LogP contribution in [0, 0.1) is 0 Å². The van der Waals surface area contributed by atoms with Crippen molar-refractivity contribution in [1.29, 1.82) is 0 Å². The average molecular weight is 273 g/mol. The van der Waals surface area contributed by atoms with Gasteiger partial charge >= 0.3 is 5.97 Å². The second kappa shape index (κ2) is 4.18. The Balaban J connectivity index is 2.28. The summed E-state index contributed by atoms with van der Waals surface area (Å²) >= 11 is 0.855. The molecule has 7 nitrogen and oxygen atoms in total. The van der Waals surface area contributed by atoms with Crippen LogP contribution in [0.5, 0.6) is 0 Å². The van der Waals surface area contributed by atoms with Gasteiger partial charge in [0.1, 0.15) is 4.88 Å². The molecule has 0 spiro atoms. The van der Waals surface area contributed by atoms with Gasteiger partial charge in [-0.05, 0) is 6.07 Å². The first-order valence-electron chi connectivity index (χ1n) is 4.32. The van der Waals surface area contributed by atoms with E-state index in [0.29, 0.717) is 0 Å². The Morgan fingerprint density at radius 3 is 2.82 bits per heavy atom. The molecule has 0 saturated carbocycles. The summed E-state index contributed by atoms with van der Waals surface area (Å²) in [5, 5.41) is 16.0. The van der Waals surface area contributed by atoms with Crippen LogP contribution in [0.1, 0.15) is 9.67 Å². The molecule has 2 aromatic heterocycles. The predicted octanol–water partition coefficient (Wildman–Crippen LogP) is 0.970. The zero-order chi connectivity index (χ0) is 12.5. The highest BCUT2D eigenvalue weighted by Gasteiger charge is 2.18. The molecule has 0 fully saturated rings. The van der Waals surface area contributed by atoms with E-state index in [9.17, 15) is 13.2 Å². The van der Waals surface area contributed by atoms with Crippen molar-refractivity contribution in [3.8, 4) is 0 Å². The minimum atomic E-state index is -3.76. The number of aromatic nitrogens is 2. The van der Waals surface area contributed by atoms with Crippen molar-refractivity contribution in [2.24, 2.45) is 0 Å². The number of H-pyrrole nitrogens is 1. The van der Waals surface area contributed by atoms with Gasteiger partial charge in [0.05, 0.1) is 16.8 Å². The molecule has 3 N–H and O–H groups in total. The van der Waals surface area contributed by atoms with E-state index in [1.54, 1.807) is 0 Å². The van der Waals surface area contributed by atoms with Crippen molar-refractivity contribution in [3.63, 3.8) is 0 Å². The first-order chi connectivity index (χ1) is 7.99. The third-order valence-corrected chi connectivity index (χ3v) is 4.28. The summed E-state index contributed by atoms with van der Waals surface area (Å²) in [6.07, 6.45) is 2.68. The molecule has 0 atom stereocenters. The molecule has 90 valence electrons. The van der Waals surface area contributed by atoms with E-state index in [4.69, 9.17) is 5.11 Å². The number of rotatable bonds is 4. The van der Waals surface area contributed by atoms with Gasteiger partial charge in [0.2, 0.25) is 0 Å². The molecule has 0 saturated heterocycles. The third kappa shape index (κ3) is 2.45. The molecule has 9 heteroatoms. The predicted molar refractivity (Wildman–Crippen MR) is 60.7 cm³/mol. The zero-order valence-corrected chi connectivity index (χ0v) is 9.88. The summed E-state index contributed by atoms with van der Waals surface area (Å²) < 4.78 is 25.9. The van der Waals surface area contributed by atoms with Gasteiger partial charge < -0.3 is 5.11 Å². The van der Waals surface area contributed by atoms with Gasteiger partial charge in [-0.25, -0.2) is 13.2 Å². The van der Waals surface area contributed by atoms with E-state index in [0.717, 1.165) is 17.4 Å². The Hall–Kier alpha value is -1.87. The molecule has 0 amide bonds. The van der Waals surface area contributed by atoms with Crippen molar-refractivity contribution >= 4 is 33.0 Å². The van der Waals surface area contributed by atoms with E-state index in [2.05, 4.69) is 14.9 Å². The second-order valence-corrected chi connectivity index (χ2v) is 5.64. The molecule has 0 aliphatic carbocycles. The van der Waals surface area contributed by atoms with Gasteiger partial charge in [-0.2, -0.15) is 5.10 Å². The van der Waals surface area contributed by atoms with Crippen molar-refractivity contribution in [2.75, 3.05) is 4.72 Å². The Bertz CT molecular complexity index is 630. The molecule has 0 unspecified atom stereocenters. The summed E-state index contributed by atoms with van der Waals surface area (Å²) in [5.41, 5.74) is 0.285. The lowest BCUT2D eigenvalue weighted by Crippen LogP contribution is -2.11. The van der Waals surface area contributed by atoms with E-state index < -0.39 is 16.0 Å². The van der Waals surface area contributed by atoms with Crippen LogP contribution in [0.2, 0.25) is 0 Å². The molecule has 0 bridgehead atoms. The molecular weight excluding hydrogens is 266 g/mol. The summed E-state index contributed by atoms with van der Waals surface area (Å²) in [6.45, 7) is 0. The maximum Gasteiger partial charge on any atom is 0.345 e. The van der Waals surface area contributed by atoms with Crippen LogP contribution in [0.15, 0.2) is 28.7 Å². The number of nitrogens with one attached hydrogen (secondary N) is 2. The average Bonchev–Trinajstić information content (AvgIpc) is 2.84. The number of hydrogen-bond acceptors (Lipinski definition) is 5. The van der Waals surface area contributed by atoms with Gasteiger partial charge in [0, 0.05) is 11.6 Å². The van der Waals surface area contributed by atoms with E-state index >= 15 is 0 Å². The highest BCUT2D eigenvalue weighted by molar-refractivity contribution is 7.92. The van der Waals surface area contributed by atoms with Crippen LogP contribution in [0.4, 0.5) is 5.69 Å². The molecule has 0 aliphatic heterocycles. The minimum absolute atomic E-state index is 0.0300. The number of nitrogens with zero attached hydrogens (tertiary/aromatic N) is 1. The summed E-state index contributed by atoms with van der Waals surface area (Å²) in [7, 11) is -3.76. The monoisotopic (exact) mass is 273 g/mol. The van der Waals surface area contributed by atoms with Crippen LogP contribution in [-0.2, 0) is 10.0 Å². The largest absolute Gasteiger partial charge is 0.477 e. The Morgan fingerprint density at radius 1 is 1.53 bits per heavy atom. The van der Waals surface area contributed by atoms with Crippen LogP contribution in [0.3, 0.4) is 0 Å². The number of hydrogen-bond donors (Lipinski definition) is 3. The summed E-state index contributed by atoms with van der Waals surface area (Å²) in [5.74, 6) is -1.15. The summed E-state index contributed by atoms with van der Waals surface area (Å²) in [6, 6.07) is 1.11. The number of carboxylic acid groups (broad SMARTS) is 1. The van der Waals surface area contributed by atoms with Gasteiger partial charge in [0.15, 0.2) is 0 Å². The smallest absolute Gasteiger partial charge is 0.345 e. The number of carboxylic acids is 1. The van der Waals surface area contributed by atoms with Crippen molar-refractivity contribution in [1.82, 2.24) is 10.2 Å². The fourth-order valence-corrected chi connectivity index (χ4v) is 3.24. The quantitative estimate of drug-likeness (QED) is 0.768. The first kappa shape index (κ1) is 11.6. The lowest BCUT2D eigenvalue weighted by atomic mass is 10.5. The van der Waals surface area contributed by atoms with Crippen molar-refractivity contribution < 1.29 is 18.3 Å². The molecule has 0 radical (unpaired) electrons. The maximum absolute atomic E-state index is 11.8. The summed E-state index contributed by atoms with van der Waals surface area (Å²) in [4.78, 5) is 10.5. The number of aromatic carboxylic acids is 1. The van der Waals surface area contributed by atoms with Crippen molar-refractivity contribution in [2.45, 2.75) is 4.90 Å². The Kier molecular flexibility index (Phi) is 2.86. The van der Waals surface area contributed by atoms with Crippen LogP contribution < -0.4 is 4.72 Å². The molecular formula is C8H7N3O4S2. The fourth-order valence-electron chi connectivity index (χ4n) is 1.09. The Morgan fingerprint density at radius 2 is 2.29 bits per heavy atom. The number of anilines is 1. The van der Waals surface area contributed by atoms with Crippen LogP contribution in [-0.4, -0.2) is 29.7 Å². The SMILES string of the molecule is O=C(O)c1cc(S(=O)(=O)Nc2cn[nH]c2)cs1. The lowest BCUT2D eigenvalue weighted by molar-refractivity contribution is 0.0702. The van der Waals surface area contributed by atoms with Crippen LogP contribution in [0.25, 0.3) is 0 Å². The normalized spacial score (nSPS) is 11.3. The molecule has 2 heterocycles. The van der Waals surface area contributed by atoms with Gasteiger partial charge in [-0.1, -0.05) is 0 Å². The fraction of sp³-hybridized carbons (Fsp3) is 0. The Labute approximate surface area is 100 Å². The number of sulfonamides is 1. The molecule has 2 aromatic rings. The van der Waals surface area contributed by atoms with E-state index in [1.807, 2.05) is 0 Å².